The molecule has 2 heterocycles. The second-order valence-electron chi connectivity index (χ2n) is 25.9. The second-order valence-corrected chi connectivity index (χ2v) is 25.9. The first-order valence-electron chi connectivity index (χ1n) is 33.6. The zero-order valence-electron chi connectivity index (χ0n) is 54.8. The second kappa shape index (κ2) is 23.7. The first-order chi connectivity index (χ1) is 48.2. The Balaban J connectivity index is 0.675. The molecule has 6 heteroatoms. The molecule has 98 heavy (non-hydrogen) atoms. The number of hydrogen-bond acceptors (Lipinski definition) is 6. The van der Waals surface area contributed by atoms with Gasteiger partial charge in [-0.3, -0.25) is 0 Å². The Kier molecular flexibility index (Phi) is 14.0. The highest BCUT2D eigenvalue weighted by molar-refractivity contribution is 6.28. The molecule has 0 aliphatic rings. The first kappa shape index (κ1) is 58.0. The predicted octanol–water partition coefficient (Wildman–Crippen LogP) is 26.9. The van der Waals surface area contributed by atoms with E-state index < -0.39 is 0 Å². The van der Waals surface area contributed by atoms with Crippen LogP contribution in [0.15, 0.2) is 336 Å². The summed E-state index contributed by atoms with van der Waals surface area (Å²) in [5.41, 5.74) is 23.8. The molecule has 0 saturated heterocycles. The molecule has 0 amide bonds. The van der Waals surface area contributed by atoms with E-state index in [1.165, 1.54) is 22.3 Å². The van der Waals surface area contributed by atoms with Gasteiger partial charge in [0.15, 0.2) is 0 Å². The number of para-hydroxylation sites is 5. The summed E-state index contributed by atoms with van der Waals surface area (Å²) < 4.78 is 13.4. The molecule has 2 aromatic heterocycles. The topological polar surface area (TPSA) is 39.2 Å². The van der Waals surface area contributed by atoms with E-state index in [1.54, 1.807) is 0 Å². The third kappa shape index (κ3) is 9.95. The van der Waals surface area contributed by atoms with Crippen molar-refractivity contribution in [3.63, 3.8) is 0 Å². The number of rotatable bonds is 13. The van der Waals surface area contributed by atoms with Gasteiger partial charge in [-0.25, -0.2) is 0 Å². The van der Waals surface area contributed by atoms with E-state index in [2.05, 4.69) is 375 Å². The molecule has 0 fully saturated rings. The Labute approximate surface area is 568 Å². The fourth-order valence-electron chi connectivity index (χ4n) is 15.2. The molecule has 0 N–H and O–H groups in total. The third-order valence-corrected chi connectivity index (χ3v) is 19.7. The highest BCUT2D eigenvalue weighted by atomic mass is 16.3. The van der Waals surface area contributed by atoms with Crippen LogP contribution in [0.5, 0.6) is 0 Å². The molecule has 0 aliphatic heterocycles. The Morgan fingerprint density at radius 2 is 0.561 bits per heavy atom. The molecule has 6 nitrogen and oxygen atoms in total. The molecule has 0 aliphatic carbocycles. The van der Waals surface area contributed by atoms with Crippen molar-refractivity contribution >= 4 is 155 Å². The van der Waals surface area contributed by atoms with Crippen molar-refractivity contribution in [2.75, 3.05) is 19.6 Å². The lowest BCUT2D eigenvalue weighted by atomic mass is 9.96. The van der Waals surface area contributed by atoms with Crippen LogP contribution in [0.2, 0.25) is 0 Å². The molecule has 18 rings (SSSR count). The normalized spacial score (nSPS) is 11.7. The zero-order valence-corrected chi connectivity index (χ0v) is 54.8. The standard InChI is InChI=1S/C92H66N4O2/c1-59-20-19-30-72(52-59)93(68-22-9-5-10-23-68)74-38-43-79-64(55-74)33-48-85-89(79)90-80-44-39-75(56-65(80)34-49-86(90)97-85)94(69-24-11-6-12-25-69)73-37-42-78(61(3)54-73)63-32-47-84(62(4)53-63)96(71-28-15-8-16-29-71)77-41-46-82-67(58-77)36-51-88-92(82)91-81-45-40-76(57-66(81)35-50-87(91)98-88)95(70-26-13-7-14-27-70)83-31-18-17-21-60(83)2/h5-58H,1-4H3. The molecule has 0 radical (unpaired) electrons. The van der Waals surface area contributed by atoms with E-state index in [0.717, 1.165) is 166 Å². The van der Waals surface area contributed by atoms with Crippen molar-refractivity contribution < 1.29 is 8.83 Å². The van der Waals surface area contributed by atoms with Gasteiger partial charge in [0.05, 0.1) is 0 Å². The molecular weight excluding hydrogens is 1190 g/mol. The van der Waals surface area contributed by atoms with Gasteiger partial charge in [0.2, 0.25) is 0 Å². The van der Waals surface area contributed by atoms with Gasteiger partial charge >= 0.3 is 0 Å². The van der Waals surface area contributed by atoms with Crippen LogP contribution in [0.1, 0.15) is 22.3 Å². The maximum absolute atomic E-state index is 6.69. The van der Waals surface area contributed by atoms with E-state index in [1.807, 2.05) is 0 Å². The fraction of sp³-hybridized carbons (Fsp3) is 0.0435. The van der Waals surface area contributed by atoms with Gasteiger partial charge in [-0.2, -0.15) is 0 Å². The van der Waals surface area contributed by atoms with Crippen LogP contribution in [0.3, 0.4) is 0 Å². The van der Waals surface area contributed by atoms with Crippen molar-refractivity contribution in [3.8, 4) is 11.1 Å². The quantitative estimate of drug-likeness (QED) is 0.115. The van der Waals surface area contributed by atoms with Crippen LogP contribution in [-0.2, 0) is 0 Å². The number of aryl methyl sites for hydroxylation is 4. The summed E-state index contributed by atoms with van der Waals surface area (Å²) in [6.45, 7) is 8.80. The molecular formula is C92H66N4O2. The molecule has 0 atom stereocenters. The van der Waals surface area contributed by atoms with Crippen molar-refractivity contribution in [1.29, 1.82) is 0 Å². The summed E-state index contributed by atoms with van der Waals surface area (Å²) in [6.07, 6.45) is 0. The van der Waals surface area contributed by atoms with Gasteiger partial charge in [0.1, 0.15) is 22.3 Å². The van der Waals surface area contributed by atoms with Crippen LogP contribution < -0.4 is 19.6 Å². The third-order valence-electron chi connectivity index (χ3n) is 19.7. The van der Waals surface area contributed by atoms with E-state index in [0.29, 0.717) is 0 Å². The number of furan rings is 2. The molecule has 0 bridgehead atoms. The lowest BCUT2D eigenvalue weighted by molar-refractivity contribution is 0.669. The number of nitrogens with zero attached hydrogens (tertiary/aromatic N) is 4. The fourth-order valence-corrected chi connectivity index (χ4v) is 15.2. The van der Waals surface area contributed by atoms with Crippen molar-refractivity contribution in [2.24, 2.45) is 0 Å². The Morgan fingerprint density at radius 3 is 0.959 bits per heavy atom. The average Bonchev–Trinajstić information content (AvgIpc) is 1.52. The summed E-state index contributed by atoms with van der Waals surface area (Å²) in [5, 5.41) is 13.7. The van der Waals surface area contributed by atoms with Gasteiger partial charge < -0.3 is 28.4 Å². The maximum atomic E-state index is 6.69. The number of benzene rings is 16. The van der Waals surface area contributed by atoms with Crippen LogP contribution in [0.4, 0.5) is 68.2 Å². The zero-order chi connectivity index (χ0) is 65.5. The van der Waals surface area contributed by atoms with Crippen molar-refractivity contribution in [3.05, 3.63) is 350 Å². The molecule has 0 spiro atoms. The largest absolute Gasteiger partial charge is 0.456 e. The number of anilines is 12. The molecule has 0 unspecified atom stereocenters. The lowest BCUT2D eigenvalue weighted by Crippen LogP contribution is -2.11. The van der Waals surface area contributed by atoms with Crippen LogP contribution in [0, 0.1) is 27.7 Å². The Bertz CT molecular complexity index is 6140. The predicted molar refractivity (Wildman–Crippen MR) is 414 cm³/mol. The van der Waals surface area contributed by atoms with Crippen LogP contribution >= 0.6 is 0 Å². The molecule has 18 aromatic rings. The highest BCUT2D eigenvalue weighted by Crippen LogP contribution is 2.48. The minimum atomic E-state index is 0.874. The smallest absolute Gasteiger partial charge is 0.136 e. The number of hydrogen-bond donors (Lipinski definition) is 0. The molecule has 16 aromatic carbocycles. The average molecular weight is 1260 g/mol. The summed E-state index contributed by atoms with van der Waals surface area (Å²) in [5.74, 6) is 0. The van der Waals surface area contributed by atoms with Gasteiger partial charge in [-0.05, 0) is 268 Å². The van der Waals surface area contributed by atoms with Gasteiger partial charge in [-0.15, -0.1) is 0 Å². The monoisotopic (exact) mass is 1260 g/mol. The summed E-state index contributed by atoms with van der Waals surface area (Å²) in [4.78, 5) is 9.45. The van der Waals surface area contributed by atoms with E-state index in [-0.39, 0.29) is 0 Å². The van der Waals surface area contributed by atoms with E-state index >= 15 is 0 Å². The van der Waals surface area contributed by atoms with Gasteiger partial charge in [-0.1, -0.05) is 164 Å². The molecule has 466 valence electrons. The first-order valence-corrected chi connectivity index (χ1v) is 33.6. The highest BCUT2D eigenvalue weighted by Gasteiger charge is 2.24. The SMILES string of the molecule is Cc1cccc(N(c2ccccc2)c2ccc3c(ccc4oc5ccc6cc(N(c7ccccc7)c7ccc(-c8ccc(N(c9ccccc9)c9ccc%10c(ccc%11oc%12ccc%13cc(N(c%14ccccc%14)c%14ccccc%14C)ccc%13c%12c%11%10)c9)c(C)c8)c(C)c7)ccc6c5c43)c2)c1. The summed E-state index contributed by atoms with van der Waals surface area (Å²) >= 11 is 0. The van der Waals surface area contributed by atoms with E-state index in [9.17, 15) is 0 Å². The summed E-state index contributed by atoms with van der Waals surface area (Å²) in [6, 6.07) is 119. The lowest BCUT2D eigenvalue weighted by Gasteiger charge is -2.28. The number of fused-ring (bicyclic) bond motifs is 14. The summed E-state index contributed by atoms with van der Waals surface area (Å²) in [7, 11) is 0. The van der Waals surface area contributed by atoms with Crippen molar-refractivity contribution in [1.82, 2.24) is 0 Å². The maximum Gasteiger partial charge on any atom is 0.136 e. The Hall–Kier alpha value is -12.6. The minimum Gasteiger partial charge on any atom is -0.456 e. The van der Waals surface area contributed by atoms with E-state index in [4.69, 9.17) is 8.83 Å². The van der Waals surface area contributed by atoms with Crippen LogP contribution in [-0.4, -0.2) is 0 Å². The van der Waals surface area contributed by atoms with Gasteiger partial charge in [0, 0.05) is 89.8 Å². The minimum absolute atomic E-state index is 0.874. The molecule has 0 saturated carbocycles. The van der Waals surface area contributed by atoms with Crippen LogP contribution in [0.25, 0.3) is 98.1 Å². The van der Waals surface area contributed by atoms with Gasteiger partial charge in [0.25, 0.3) is 0 Å². The Morgan fingerprint density at radius 1 is 0.214 bits per heavy atom. The van der Waals surface area contributed by atoms with Crippen molar-refractivity contribution in [2.45, 2.75) is 27.7 Å².